The molecule has 0 N–H and O–H groups in total. The molecule has 4 nitrogen and oxygen atoms in total. The molecule has 0 radical (unpaired) electrons. The molecule has 4 heteroatoms. The third-order valence-electron chi connectivity index (χ3n) is 2.52. The van der Waals surface area contributed by atoms with Crippen molar-refractivity contribution in [2.45, 2.75) is 6.92 Å². The van der Waals surface area contributed by atoms with Crippen LogP contribution in [0.4, 0.5) is 0 Å². The van der Waals surface area contributed by atoms with Gasteiger partial charge in [-0.2, -0.15) is 0 Å². The summed E-state index contributed by atoms with van der Waals surface area (Å²) in [4.78, 5) is 4.28. The first kappa shape index (κ1) is 9.03. The molecule has 3 heterocycles. The molecule has 78 valence electrons. The van der Waals surface area contributed by atoms with E-state index < -0.39 is 0 Å². The Kier molecular flexibility index (Phi) is 1.93. The third kappa shape index (κ3) is 1.27. The van der Waals surface area contributed by atoms with Crippen molar-refractivity contribution in [2.75, 3.05) is 0 Å². The number of fused-ring (bicyclic) bond motifs is 1. The molecule has 3 aromatic rings. The van der Waals surface area contributed by atoms with E-state index >= 15 is 0 Å². The van der Waals surface area contributed by atoms with Gasteiger partial charge in [-0.05, 0) is 30.7 Å². The number of aromatic nitrogens is 4. The van der Waals surface area contributed by atoms with Crippen LogP contribution in [0.2, 0.25) is 0 Å². The summed E-state index contributed by atoms with van der Waals surface area (Å²) in [7, 11) is 0. The Morgan fingerprint density at radius 1 is 1.06 bits per heavy atom. The van der Waals surface area contributed by atoms with E-state index in [1.165, 1.54) is 0 Å². The average molecular weight is 210 g/mol. The van der Waals surface area contributed by atoms with Crippen LogP contribution in [0, 0.1) is 6.92 Å². The van der Waals surface area contributed by atoms with Gasteiger partial charge in [-0.25, -0.2) is 0 Å². The highest BCUT2D eigenvalue weighted by molar-refractivity contribution is 5.57. The highest BCUT2D eigenvalue weighted by Gasteiger charge is 2.09. The zero-order chi connectivity index (χ0) is 11.0. The molecule has 0 saturated carbocycles. The van der Waals surface area contributed by atoms with Gasteiger partial charge in [0.15, 0.2) is 11.5 Å². The molecule has 0 aliphatic carbocycles. The molecule has 0 fully saturated rings. The van der Waals surface area contributed by atoms with Crippen molar-refractivity contribution < 1.29 is 0 Å². The normalized spacial score (nSPS) is 10.8. The second kappa shape index (κ2) is 3.41. The molecule has 3 aromatic heterocycles. The zero-order valence-electron chi connectivity index (χ0n) is 8.83. The Balaban J connectivity index is 2.30. The maximum Gasteiger partial charge on any atom is 0.186 e. The lowest BCUT2D eigenvalue weighted by Gasteiger charge is -1.99. The number of rotatable bonds is 1. The molecule has 16 heavy (non-hydrogen) atoms. The topological polar surface area (TPSA) is 43.1 Å². The van der Waals surface area contributed by atoms with E-state index in [1.54, 1.807) is 6.20 Å². The minimum atomic E-state index is 0.777. The first-order chi connectivity index (χ1) is 7.86. The molecule has 0 unspecified atom stereocenters. The molecular formula is C12H10N4. The monoisotopic (exact) mass is 210 g/mol. The zero-order valence-corrected chi connectivity index (χ0v) is 8.83. The van der Waals surface area contributed by atoms with Crippen molar-refractivity contribution >= 4 is 5.65 Å². The molecule has 0 bridgehead atoms. The molecule has 0 saturated heterocycles. The van der Waals surface area contributed by atoms with E-state index in [9.17, 15) is 0 Å². The van der Waals surface area contributed by atoms with Crippen LogP contribution in [0.15, 0.2) is 42.7 Å². The number of pyridine rings is 2. The quantitative estimate of drug-likeness (QED) is 0.617. The summed E-state index contributed by atoms with van der Waals surface area (Å²) in [6.45, 7) is 2.02. The van der Waals surface area contributed by atoms with Gasteiger partial charge in [0.05, 0.1) is 0 Å². The Labute approximate surface area is 92.6 Å². The number of hydrogen-bond donors (Lipinski definition) is 0. The van der Waals surface area contributed by atoms with E-state index in [0.717, 1.165) is 22.7 Å². The van der Waals surface area contributed by atoms with E-state index in [0.29, 0.717) is 0 Å². The highest BCUT2D eigenvalue weighted by Crippen LogP contribution is 2.16. The Hall–Kier alpha value is -2.23. The van der Waals surface area contributed by atoms with Gasteiger partial charge in [0.2, 0.25) is 0 Å². The van der Waals surface area contributed by atoms with Crippen LogP contribution in [-0.2, 0) is 0 Å². The van der Waals surface area contributed by atoms with Crippen LogP contribution in [0.3, 0.4) is 0 Å². The highest BCUT2D eigenvalue weighted by atomic mass is 15.3. The van der Waals surface area contributed by atoms with Gasteiger partial charge < -0.3 is 0 Å². The third-order valence-corrected chi connectivity index (χ3v) is 2.52. The molecular weight excluding hydrogens is 200 g/mol. The first-order valence-corrected chi connectivity index (χ1v) is 5.08. The van der Waals surface area contributed by atoms with Crippen LogP contribution in [0.5, 0.6) is 0 Å². The predicted molar refractivity (Wildman–Crippen MR) is 61.0 cm³/mol. The number of hydrogen-bond acceptors (Lipinski definition) is 3. The van der Waals surface area contributed by atoms with Gasteiger partial charge in [0, 0.05) is 12.4 Å². The number of aryl methyl sites for hydroxylation is 1. The van der Waals surface area contributed by atoms with E-state index in [-0.39, 0.29) is 0 Å². The van der Waals surface area contributed by atoms with Gasteiger partial charge in [-0.1, -0.05) is 12.1 Å². The van der Waals surface area contributed by atoms with Crippen molar-refractivity contribution in [3.63, 3.8) is 0 Å². The first-order valence-electron chi connectivity index (χ1n) is 5.08. The van der Waals surface area contributed by atoms with Crippen LogP contribution in [-0.4, -0.2) is 19.6 Å². The molecule has 0 spiro atoms. The fourth-order valence-electron chi connectivity index (χ4n) is 1.72. The van der Waals surface area contributed by atoms with Gasteiger partial charge in [-0.3, -0.25) is 9.38 Å². The molecule has 0 amide bonds. The fourth-order valence-corrected chi connectivity index (χ4v) is 1.72. The van der Waals surface area contributed by atoms with Crippen molar-refractivity contribution in [1.29, 1.82) is 0 Å². The van der Waals surface area contributed by atoms with Crippen LogP contribution in [0.25, 0.3) is 17.2 Å². The smallest absolute Gasteiger partial charge is 0.186 e. The van der Waals surface area contributed by atoms with Gasteiger partial charge >= 0.3 is 0 Å². The second-order valence-corrected chi connectivity index (χ2v) is 3.62. The van der Waals surface area contributed by atoms with Crippen molar-refractivity contribution in [1.82, 2.24) is 19.6 Å². The standard InChI is InChI=1S/C12H10N4/c1-9-5-4-8-16-11(9)14-15-12(16)10-6-2-3-7-13-10/h2-8H,1H3. The summed E-state index contributed by atoms with van der Waals surface area (Å²) in [5.74, 6) is 0.777. The van der Waals surface area contributed by atoms with E-state index in [1.807, 2.05) is 47.9 Å². The summed E-state index contributed by atoms with van der Waals surface area (Å²) in [5, 5.41) is 8.34. The van der Waals surface area contributed by atoms with Gasteiger partial charge in [0.1, 0.15) is 5.69 Å². The van der Waals surface area contributed by atoms with Gasteiger partial charge in [-0.15, -0.1) is 10.2 Å². The average Bonchev–Trinajstić information content (AvgIpc) is 2.75. The molecule has 0 atom stereocenters. The van der Waals surface area contributed by atoms with Crippen LogP contribution >= 0.6 is 0 Å². The molecule has 3 rings (SSSR count). The van der Waals surface area contributed by atoms with Crippen molar-refractivity contribution in [2.24, 2.45) is 0 Å². The Bertz CT molecular complexity index is 628. The van der Waals surface area contributed by atoms with E-state index in [4.69, 9.17) is 0 Å². The lowest BCUT2D eigenvalue weighted by molar-refractivity contribution is 1.09. The largest absolute Gasteiger partial charge is 0.281 e. The molecule has 0 aliphatic heterocycles. The summed E-state index contributed by atoms with van der Waals surface area (Å²) in [5.41, 5.74) is 2.82. The van der Waals surface area contributed by atoms with Gasteiger partial charge in [0.25, 0.3) is 0 Å². The lowest BCUT2D eigenvalue weighted by atomic mass is 10.3. The summed E-state index contributed by atoms with van der Waals surface area (Å²) in [6.07, 6.45) is 3.71. The predicted octanol–water partition coefficient (Wildman–Crippen LogP) is 2.10. The molecule has 0 aliphatic rings. The summed E-state index contributed by atoms with van der Waals surface area (Å²) in [6, 6.07) is 9.76. The second-order valence-electron chi connectivity index (χ2n) is 3.62. The summed E-state index contributed by atoms with van der Waals surface area (Å²) < 4.78 is 1.96. The maximum atomic E-state index is 4.28. The maximum absolute atomic E-state index is 4.28. The SMILES string of the molecule is Cc1cccn2c(-c3ccccn3)nnc12. The molecule has 0 aromatic carbocycles. The van der Waals surface area contributed by atoms with Crippen LogP contribution < -0.4 is 0 Å². The Morgan fingerprint density at radius 3 is 2.81 bits per heavy atom. The number of nitrogens with zero attached hydrogens (tertiary/aromatic N) is 4. The summed E-state index contributed by atoms with van der Waals surface area (Å²) >= 11 is 0. The Morgan fingerprint density at radius 2 is 2.00 bits per heavy atom. The fraction of sp³-hybridized carbons (Fsp3) is 0.0833. The minimum Gasteiger partial charge on any atom is -0.281 e. The lowest BCUT2D eigenvalue weighted by Crippen LogP contribution is -1.91. The van der Waals surface area contributed by atoms with Crippen molar-refractivity contribution in [3.05, 3.63) is 48.3 Å². The van der Waals surface area contributed by atoms with Crippen LogP contribution in [0.1, 0.15) is 5.56 Å². The minimum absolute atomic E-state index is 0.777. The van der Waals surface area contributed by atoms with Crippen molar-refractivity contribution in [3.8, 4) is 11.5 Å². The van der Waals surface area contributed by atoms with E-state index in [2.05, 4.69) is 15.2 Å².